The number of nitrogens with one attached hydrogen (secondary N) is 2. The second kappa shape index (κ2) is 7.42. The number of carbonyl (C=O) groups is 2. The van der Waals surface area contributed by atoms with Gasteiger partial charge in [-0.2, -0.15) is 0 Å². The van der Waals surface area contributed by atoms with E-state index in [9.17, 15) is 9.59 Å². The molecule has 0 saturated carbocycles. The van der Waals surface area contributed by atoms with Gasteiger partial charge in [-0.3, -0.25) is 9.59 Å². The summed E-state index contributed by atoms with van der Waals surface area (Å²) >= 11 is 6.44. The Morgan fingerprint density at radius 2 is 1.62 bits per heavy atom. The molecule has 7 heteroatoms. The van der Waals surface area contributed by atoms with Gasteiger partial charge < -0.3 is 15.1 Å². The maximum Gasteiger partial charge on any atom is 0.287 e. The van der Waals surface area contributed by atoms with Gasteiger partial charge in [0.15, 0.2) is 10.4 Å². The van der Waals surface area contributed by atoms with Gasteiger partial charge in [-0.05, 0) is 56.1 Å². The summed E-state index contributed by atoms with van der Waals surface area (Å²) in [5, 5.41) is 5.38. The first-order valence-corrected chi connectivity index (χ1v) is 7.73. The monoisotopic (exact) mass is 414 g/mol. The standard InChI is InChI=1S/C14H12Br2N2O3/c15-10-4-2-1-3-9(10)13(19)17-7-8-18-14(20)11-5-6-12(16)21-11/h1-6H,7-8H2,(H,17,19)(H,18,20). The first-order chi connectivity index (χ1) is 10.1. The molecule has 0 aliphatic rings. The molecular formula is C14H12Br2N2O3. The highest BCUT2D eigenvalue weighted by Crippen LogP contribution is 2.15. The van der Waals surface area contributed by atoms with Crippen LogP contribution in [0.2, 0.25) is 0 Å². The second-order valence-corrected chi connectivity index (χ2v) is 5.73. The van der Waals surface area contributed by atoms with E-state index in [1.807, 2.05) is 6.07 Å². The number of halogens is 2. The van der Waals surface area contributed by atoms with Crippen LogP contribution >= 0.6 is 31.9 Å². The zero-order valence-corrected chi connectivity index (χ0v) is 14.0. The molecule has 0 radical (unpaired) electrons. The molecule has 0 fully saturated rings. The molecule has 2 aromatic rings. The third-order valence-corrected chi connectivity index (χ3v) is 3.73. The van der Waals surface area contributed by atoms with Crippen molar-refractivity contribution >= 4 is 43.7 Å². The number of carbonyl (C=O) groups excluding carboxylic acids is 2. The molecule has 0 atom stereocenters. The van der Waals surface area contributed by atoms with Gasteiger partial charge in [-0.1, -0.05) is 12.1 Å². The highest BCUT2D eigenvalue weighted by Gasteiger charge is 2.11. The Balaban J connectivity index is 1.76. The van der Waals surface area contributed by atoms with Crippen molar-refractivity contribution in [2.24, 2.45) is 0 Å². The number of hydrogen-bond acceptors (Lipinski definition) is 3. The van der Waals surface area contributed by atoms with Crippen LogP contribution in [0.3, 0.4) is 0 Å². The Morgan fingerprint density at radius 1 is 0.952 bits per heavy atom. The lowest BCUT2D eigenvalue weighted by atomic mass is 10.2. The van der Waals surface area contributed by atoms with Crippen molar-refractivity contribution in [3.8, 4) is 0 Å². The fourth-order valence-electron chi connectivity index (χ4n) is 1.62. The van der Waals surface area contributed by atoms with Crippen molar-refractivity contribution in [3.05, 3.63) is 56.9 Å². The molecule has 0 aliphatic carbocycles. The van der Waals surface area contributed by atoms with E-state index in [0.717, 1.165) is 4.47 Å². The quantitative estimate of drug-likeness (QED) is 0.737. The summed E-state index contributed by atoms with van der Waals surface area (Å²) in [5.41, 5.74) is 0.554. The number of furan rings is 1. The number of hydrogen-bond donors (Lipinski definition) is 2. The Labute approximate surface area is 138 Å². The fraction of sp³-hybridized carbons (Fsp3) is 0.143. The van der Waals surface area contributed by atoms with E-state index < -0.39 is 0 Å². The van der Waals surface area contributed by atoms with Gasteiger partial charge in [0.25, 0.3) is 11.8 Å². The molecule has 1 aromatic carbocycles. The van der Waals surface area contributed by atoms with Crippen LogP contribution in [0, 0.1) is 0 Å². The van der Waals surface area contributed by atoms with Gasteiger partial charge in [-0.15, -0.1) is 0 Å². The summed E-state index contributed by atoms with van der Waals surface area (Å²) in [6.45, 7) is 0.640. The predicted molar refractivity (Wildman–Crippen MR) is 85.2 cm³/mol. The highest BCUT2D eigenvalue weighted by atomic mass is 79.9. The van der Waals surface area contributed by atoms with Gasteiger partial charge in [0, 0.05) is 17.6 Å². The van der Waals surface area contributed by atoms with Crippen LogP contribution in [0.25, 0.3) is 0 Å². The predicted octanol–water partition coefficient (Wildman–Crippen LogP) is 2.96. The Morgan fingerprint density at radius 3 is 2.24 bits per heavy atom. The van der Waals surface area contributed by atoms with Crippen LogP contribution in [0.1, 0.15) is 20.9 Å². The number of amides is 2. The van der Waals surface area contributed by atoms with Crippen LogP contribution < -0.4 is 10.6 Å². The molecular weight excluding hydrogens is 404 g/mol. The maximum absolute atomic E-state index is 11.9. The number of benzene rings is 1. The topological polar surface area (TPSA) is 71.3 Å². The maximum atomic E-state index is 11.9. The summed E-state index contributed by atoms with van der Waals surface area (Å²) in [6.07, 6.45) is 0. The van der Waals surface area contributed by atoms with Gasteiger partial charge >= 0.3 is 0 Å². The summed E-state index contributed by atoms with van der Waals surface area (Å²) in [7, 11) is 0. The smallest absolute Gasteiger partial charge is 0.287 e. The summed E-state index contributed by atoms with van der Waals surface area (Å²) in [6, 6.07) is 10.4. The van der Waals surface area contributed by atoms with E-state index in [4.69, 9.17) is 4.42 Å². The van der Waals surface area contributed by atoms with Crippen molar-refractivity contribution < 1.29 is 14.0 Å². The SMILES string of the molecule is O=C(NCCNC(=O)c1ccccc1Br)c1ccc(Br)o1. The van der Waals surface area contributed by atoms with E-state index in [0.29, 0.717) is 23.3 Å². The summed E-state index contributed by atoms with van der Waals surface area (Å²) in [5.74, 6) is -0.299. The Hall–Kier alpha value is -1.60. The minimum absolute atomic E-state index is 0.197. The van der Waals surface area contributed by atoms with Gasteiger partial charge in [0.2, 0.25) is 0 Å². The van der Waals surface area contributed by atoms with Crippen LogP contribution in [0.5, 0.6) is 0 Å². The van der Waals surface area contributed by atoms with Crippen molar-refractivity contribution in [2.75, 3.05) is 13.1 Å². The molecule has 110 valence electrons. The first-order valence-electron chi connectivity index (χ1n) is 6.14. The van der Waals surface area contributed by atoms with Gasteiger partial charge in [0.1, 0.15) is 0 Å². The molecule has 2 amide bonds. The molecule has 0 saturated heterocycles. The van der Waals surface area contributed by atoms with E-state index in [-0.39, 0.29) is 17.6 Å². The largest absolute Gasteiger partial charge is 0.444 e. The molecule has 0 spiro atoms. The zero-order valence-electron chi connectivity index (χ0n) is 10.9. The average Bonchev–Trinajstić information content (AvgIpc) is 2.90. The second-order valence-electron chi connectivity index (χ2n) is 4.10. The third kappa shape index (κ3) is 4.44. The highest BCUT2D eigenvalue weighted by molar-refractivity contribution is 9.10. The van der Waals surface area contributed by atoms with E-state index in [2.05, 4.69) is 42.5 Å². The van der Waals surface area contributed by atoms with Crippen LogP contribution in [0.4, 0.5) is 0 Å². The van der Waals surface area contributed by atoms with E-state index in [1.165, 1.54) is 0 Å². The molecule has 2 N–H and O–H groups in total. The first kappa shape index (κ1) is 15.8. The molecule has 21 heavy (non-hydrogen) atoms. The van der Waals surface area contributed by atoms with Crippen LogP contribution in [-0.4, -0.2) is 24.9 Å². The lowest BCUT2D eigenvalue weighted by molar-refractivity contribution is 0.0909. The third-order valence-electron chi connectivity index (χ3n) is 2.61. The number of rotatable bonds is 5. The molecule has 1 aromatic heterocycles. The molecule has 2 rings (SSSR count). The lowest BCUT2D eigenvalue weighted by Crippen LogP contribution is -2.34. The van der Waals surface area contributed by atoms with E-state index in [1.54, 1.807) is 30.3 Å². The zero-order chi connectivity index (χ0) is 15.2. The van der Waals surface area contributed by atoms with Gasteiger partial charge in [0.05, 0.1) is 5.56 Å². The average molecular weight is 416 g/mol. The summed E-state index contributed by atoms with van der Waals surface area (Å²) < 4.78 is 6.34. The van der Waals surface area contributed by atoms with Crippen molar-refractivity contribution in [1.29, 1.82) is 0 Å². The van der Waals surface area contributed by atoms with Crippen molar-refractivity contribution in [3.63, 3.8) is 0 Å². The summed E-state index contributed by atoms with van der Waals surface area (Å²) in [4.78, 5) is 23.6. The Bertz CT molecular complexity index is 655. The van der Waals surface area contributed by atoms with Gasteiger partial charge in [-0.25, -0.2) is 0 Å². The molecule has 0 aliphatic heterocycles. The van der Waals surface area contributed by atoms with E-state index >= 15 is 0 Å². The Kier molecular flexibility index (Phi) is 5.58. The minimum Gasteiger partial charge on any atom is -0.444 e. The molecule has 1 heterocycles. The molecule has 0 bridgehead atoms. The molecule has 5 nitrogen and oxygen atoms in total. The fourth-order valence-corrected chi connectivity index (χ4v) is 2.39. The normalized spacial score (nSPS) is 10.2. The van der Waals surface area contributed by atoms with Crippen LogP contribution in [0.15, 0.2) is 50.0 Å². The lowest BCUT2D eigenvalue weighted by Gasteiger charge is -2.07. The minimum atomic E-state index is -0.323. The van der Waals surface area contributed by atoms with Crippen LogP contribution in [-0.2, 0) is 0 Å². The van der Waals surface area contributed by atoms with Crippen molar-refractivity contribution in [2.45, 2.75) is 0 Å². The molecule has 0 unspecified atom stereocenters. The van der Waals surface area contributed by atoms with Crippen molar-refractivity contribution in [1.82, 2.24) is 10.6 Å².